The largest absolute Gasteiger partial charge is 0.461 e. The Morgan fingerprint density at radius 1 is 1.03 bits per heavy atom. The molecule has 0 saturated carbocycles. The molecule has 7 heteroatoms. The van der Waals surface area contributed by atoms with Crippen LogP contribution in [0.1, 0.15) is 42.1 Å². The molecule has 0 fully saturated rings. The fourth-order valence-corrected chi connectivity index (χ4v) is 3.74. The molecule has 3 aromatic heterocycles. The molecule has 4 rings (SSSR count). The molecule has 0 aliphatic carbocycles. The smallest absolute Gasteiger partial charge is 0.358 e. The van der Waals surface area contributed by atoms with Crippen molar-refractivity contribution in [1.29, 1.82) is 0 Å². The van der Waals surface area contributed by atoms with Gasteiger partial charge in [-0.2, -0.15) is 10.2 Å². The molecule has 4 aromatic rings. The van der Waals surface area contributed by atoms with Gasteiger partial charge in [-0.1, -0.05) is 55.3 Å². The van der Waals surface area contributed by atoms with E-state index in [4.69, 9.17) is 21.4 Å². The lowest BCUT2D eigenvalue weighted by molar-refractivity contribution is 0.0518. The van der Waals surface area contributed by atoms with Crippen LogP contribution in [-0.4, -0.2) is 32.0 Å². The summed E-state index contributed by atoms with van der Waals surface area (Å²) in [5, 5.41) is 9.93. The van der Waals surface area contributed by atoms with Crippen molar-refractivity contribution in [1.82, 2.24) is 19.4 Å². The first kappa shape index (κ1) is 20.2. The third-order valence-electron chi connectivity index (χ3n) is 4.83. The highest BCUT2D eigenvalue weighted by molar-refractivity contribution is 6.31. The van der Waals surface area contributed by atoms with E-state index in [-0.39, 0.29) is 0 Å². The van der Waals surface area contributed by atoms with Crippen molar-refractivity contribution in [2.75, 3.05) is 6.61 Å². The van der Waals surface area contributed by atoms with Crippen LogP contribution in [0.15, 0.2) is 54.6 Å². The average Bonchev–Trinajstić information content (AvgIpc) is 3.34. The van der Waals surface area contributed by atoms with Crippen LogP contribution in [0.2, 0.25) is 5.02 Å². The van der Waals surface area contributed by atoms with E-state index in [0.717, 1.165) is 41.0 Å². The number of carbonyl (C=O) groups is 1. The van der Waals surface area contributed by atoms with Crippen molar-refractivity contribution < 1.29 is 9.53 Å². The fraction of sp³-hybridized carbons (Fsp3) is 0.261. The Hall–Kier alpha value is -3.12. The Bertz CT molecular complexity index is 1180. The number of aromatic nitrogens is 4. The Morgan fingerprint density at radius 2 is 1.83 bits per heavy atom. The van der Waals surface area contributed by atoms with Gasteiger partial charge < -0.3 is 4.74 Å². The molecule has 3 heterocycles. The number of aryl methyl sites for hydroxylation is 1. The maximum atomic E-state index is 12.2. The number of carbonyl (C=O) groups excluding carboxylic acids is 1. The summed E-state index contributed by atoms with van der Waals surface area (Å²) in [7, 11) is 0. The highest BCUT2D eigenvalue weighted by atomic mass is 35.5. The SMILES string of the molecule is CCCc1cc(C(=O)OCC)nn1Cc1cc(Cl)cc2cc(-c3ccccc3)nn12. The molecular weight excluding hydrogens is 400 g/mol. The number of hydrogen-bond donors (Lipinski definition) is 0. The summed E-state index contributed by atoms with van der Waals surface area (Å²) in [6.07, 6.45) is 1.75. The molecule has 0 saturated heterocycles. The molecule has 154 valence electrons. The minimum Gasteiger partial charge on any atom is -0.461 e. The van der Waals surface area contributed by atoms with Crippen molar-refractivity contribution in [2.24, 2.45) is 0 Å². The molecule has 30 heavy (non-hydrogen) atoms. The zero-order chi connectivity index (χ0) is 21.1. The second kappa shape index (κ2) is 8.71. The number of pyridine rings is 1. The number of rotatable bonds is 7. The predicted octanol–water partition coefficient (Wildman–Crippen LogP) is 5.03. The van der Waals surface area contributed by atoms with Crippen LogP contribution in [0.4, 0.5) is 0 Å². The van der Waals surface area contributed by atoms with Crippen molar-refractivity contribution >= 4 is 23.1 Å². The van der Waals surface area contributed by atoms with E-state index in [1.54, 1.807) is 6.92 Å². The van der Waals surface area contributed by atoms with E-state index in [2.05, 4.69) is 12.0 Å². The lowest BCUT2D eigenvalue weighted by Gasteiger charge is -2.09. The standard InChI is InChI=1S/C23H23ClN4O2/c1-3-8-18-13-22(23(29)30-4-2)25-27(18)15-20-12-17(24)11-19-14-21(26-28(19)20)16-9-6-5-7-10-16/h5-7,9-14H,3-4,8,15H2,1-2H3. The van der Waals surface area contributed by atoms with Crippen molar-refractivity contribution in [3.05, 3.63) is 76.7 Å². The summed E-state index contributed by atoms with van der Waals surface area (Å²) in [6, 6.07) is 17.6. The maximum absolute atomic E-state index is 12.2. The third kappa shape index (κ3) is 4.09. The molecular formula is C23H23ClN4O2. The van der Waals surface area contributed by atoms with Gasteiger partial charge in [-0.3, -0.25) is 4.68 Å². The highest BCUT2D eigenvalue weighted by Gasteiger charge is 2.17. The van der Waals surface area contributed by atoms with Gasteiger partial charge in [-0.15, -0.1) is 0 Å². The summed E-state index contributed by atoms with van der Waals surface area (Å²) >= 11 is 6.40. The molecule has 0 spiro atoms. The number of halogens is 1. The van der Waals surface area contributed by atoms with E-state index in [1.165, 1.54) is 0 Å². The maximum Gasteiger partial charge on any atom is 0.358 e. The molecule has 0 amide bonds. The monoisotopic (exact) mass is 422 g/mol. The van der Waals surface area contributed by atoms with Crippen LogP contribution in [0.3, 0.4) is 0 Å². The van der Waals surface area contributed by atoms with E-state index in [0.29, 0.717) is 23.9 Å². The van der Waals surface area contributed by atoms with Gasteiger partial charge in [0.2, 0.25) is 0 Å². The lowest BCUT2D eigenvalue weighted by atomic mass is 10.1. The molecule has 1 aromatic carbocycles. The second-order valence-corrected chi connectivity index (χ2v) is 7.48. The normalized spacial score (nSPS) is 11.2. The average molecular weight is 423 g/mol. The summed E-state index contributed by atoms with van der Waals surface area (Å²) in [6.45, 7) is 4.65. The van der Waals surface area contributed by atoms with Gasteiger partial charge in [0.25, 0.3) is 0 Å². The first-order chi connectivity index (χ1) is 14.6. The molecule has 0 radical (unpaired) electrons. The number of hydrogen-bond acceptors (Lipinski definition) is 4. The third-order valence-corrected chi connectivity index (χ3v) is 5.05. The summed E-state index contributed by atoms with van der Waals surface area (Å²) in [5.41, 5.74) is 5.01. The summed E-state index contributed by atoms with van der Waals surface area (Å²) in [4.78, 5) is 12.2. The number of esters is 1. The van der Waals surface area contributed by atoms with E-state index in [9.17, 15) is 4.79 Å². The topological polar surface area (TPSA) is 61.4 Å². The predicted molar refractivity (Wildman–Crippen MR) is 117 cm³/mol. The van der Waals surface area contributed by atoms with E-state index >= 15 is 0 Å². The highest BCUT2D eigenvalue weighted by Crippen LogP contribution is 2.24. The van der Waals surface area contributed by atoms with E-state index < -0.39 is 5.97 Å². The molecule has 0 unspecified atom stereocenters. The number of benzene rings is 1. The quantitative estimate of drug-likeness (QED) is 0.392. The van der Waals surface area contributed by atoms with Gasteiger partial charge in [0.15, 0.2) is 5.69 Å². The van der Waals surface area contributed by atoms with E-state index in [1.807, 2.05) is 63.8 Å². The van der Waals surface area contributed by atoms with Crippen LogP contribution < -0.4 is 0 Å². The number of fused-ring (bicyclic) bond motifs is 1. The van der Waals surface area contributed by atoms with Crippen LogP contribution in [0.25, 0.3) is 16.8 Å². The molecule has 0 atom stereocenters. The lowest BCUT2D eigenvalue weighted by Crippen LogP contribution is -2.12. The Morgan fingerprint density at radius 3 is 2.57 bits per heavy atom. The minimum atomic E-state index is -0.407. The van der Waals surface area contributed by atoms with Crippen LogP contribution >= 0.6 is 11.6 Å². The van der Waals surface area contributed by atoms with Gasteiger partial charge in [-0.05, 0) is 37.6 Å². The zero-order valence-corrected chi connectivity index (χ0v) is 17.8. The molecule has 0 bridgehead atoms. The molecule has 0 aliphatic rings. The summed E-state index contributed by atoms with van der Waals surface area (Å²) in [5.74, 6) is -0.407. The number of nitrogens with zero attached hydrogens (tertiary/aromatic N) is 4. The second-order valence-electron chi connectivity index (χ2n) is 7.05. The van der Waals surface area contributed by atoms with Crippen LogP contribution in [-0.2, 0) is 17.7 Å². The first-order valence-corrected chi connectivity index (χ1v) is 10.4. The van der Waals surface area contributed by atoms with Gasteiger partial charge in [0, 0.05) is 16.3 Å². The zero-order valence-electron chi connectivity index (χ0n) is 17.0. The molecule has 0 N–H and O–H groups in total. The van der Waals surface area contributed by atoms with Crippen LogP contribution in [0, 0.1) is 0 Å². The van der Waals surface area contributed by atoms with Gasteiger partial charge >= 0.3 is 5.97 Å². The van der Waals surface area contributed by atoms with Crippen LogP contribution in [0.5, 0.6) is 0 Å². The number of ether oxygens (including phenoxy) is 1. The first-order valence-electron chi connectivity index (χ1n) is 10.1. The molecule has 0 aliphatic heterocycles. The van der Waals surface area contributed by atoms with Crippen molar-refractivity contribution in [2.45, 2.75) is 33.2 Å². The van der Waals surface area contributed by atoms with Gasteiger partial charge in [0.1, 0.15) is 0 Å². The Kier molecular flexibility index (Phi) is 5.86. The fourth-order valence-electron chi connectivity index (χ4n) is 3.50. The van der Waals surface area contributed by atoms with Gasteiger partial charge in [-0.25, -0.2) is 9.31 Å². The van der Waals surface area contributed by atoms with Gasteiger partial charge in [0.05, 0.1) is 30.1 Å². The van der Waals surface area contributed by atoms with Crippen molar-refractivity contribution in [3.8, 4) is 11.3 Å². The van der Waals surface area contributed by atoms with Crippen molar-refractivity contribution in [3.63, 3.8) is 0 Å². The molecule has 6 nitrogen and oxygen atoms in total. The Balaban J connectivity index is 1.75. The summed E-state index contributed by atoms with van der Waals surface area (Å²) < 4.78 is 8.84. The minimum absolute atomic E-state index is 0.319. The Labute approximate surface area is 180 Å².